The largest absolute Gasteiger partial charge is 0.444 e. The number of ether oxygens (including phenoxy) is 1. The predicted octanol–water partition coefficient (Wildman–Crippen LogP) is 3.76. The molecular weight excluding hydrogens is 420 g/mol. The molecule has 1 unspecified atom stereocenters. The van der Waals surface area contributed by atoms with Crippen LogP contribution in [0.1, 0.15) is 40.0 Å². The average molecular weight is 451 g/mol. The number of aromatic nitrogens is 1. The number of nitrogens with zero attached hydrogens (tertiary/aromatic N) is 4. The number of rotatable bonds is 2. The summed E-state index contributed by atoms with van der Waals surface area (Å²) < 4.78 is 6.58. The third-order valence-corrected chi connectivity index (χ3v) is 6.87. The molecule has 0 bridgehead atoms. The lowest BCUT2D eigenvalue weighted by Crippen LogP contribution is -2.59. The van der Waals surface area contributed by atoms with E-state index in [1.54, 1.807) is 0 Å². The molecule has 154 valence electrons. The molecule has 1 aromatic heterocycles. The van der Waals surface area contributed by atoms with Crippen LogP contribution in [0, 0.1) is 5.41 Å². The Morgan fingerprint density at radius 3 is 2.61 bits per heavy atom. The molecule has 1 aliphatic carbocycles. The third-order valence-electron chi connectivity index (χ3n) is 6.25. The van der Waals surface area contributed by atoms with Crippen molar-refractivity contribution in [1.29, 1.82) is 0 Å². The molecule has 28 heavy (non-hydrogen) atoms. The number of likely N-dealkylation sites (tertiary alicyclic amines) is 1. The zero-order chi connectivity index (χ0) is 19.9. The summed E-state index contributed by atoms with van der Waals surface area (Å²) in [6.45, 7) is 11.7. The molecule has 3 heterocycles. The van der Waals surface area contributed by atoms with Crippen molar-refractivity contribution in [3.63, 3.8) is 0 Å². The van der Waals surface area contributed by atoms with Gasteiger partial charge in [0.05, 0.1) is 4.47 Å². The minimum absolute atomic E-state index is 0.156. The van der Waals surface area contributed by atoms with E-state index in [4.69, 9.17) is 4.74 Å². The lowest BCUT2D eigenvalue weighted by molar-refractivity contribution is -0.0344. The Morgan fingerprint density at radius 1 is 1.25 bits per heavy atom. The van der Waals surface area contributed by atoms with E-state index < -0.39 is 5.60 Å². The summed E-state index contributed by atoms with van der Waals surface area (Å²) in [5, 5.41) is 0. The molecule has 0 radical (unpaired) electrons. The van der Waals surface area contributed by atoms with Gasteiger partial charge in [-0.05, 0) is 68.1 Å². The van der Waals surface area contributed by atoms with Gasteiger partial charge in [-0.2, -0.15) is 0 Å². The second-order valence-electron chi connectivity index (χ2n) is 9.56. The molecule has 6 nitrogen and oxygen atoms in total. The van der Waals surface area contributed by atoms with E-state index in [-0.39, 0.29) is 6.09 Å². The highest BCUT2D eigenvalue weighted by molar-refractivity contribution is 9.10. The van der Waals surface area contributed by atoms with Gasteiger partial charge in [0.15, 0.2) is 0 Å². The van der Waals surface area contributed by atoms with Gasteiger partial charge >= 0.3 is 6.09 Å². The van der Waals surface area contributed by atoms with Crippen molar-refractivity contribution in [1.82, 2.24) is 14.8 Å². The second kappa shape index (κ2) is 7.48. The number of piperazine rings is 1. The number of halogens is 1. The van der Waals surface area contributed by atoms with Gasteiger partial charge in [-0.15, -0.1) is 0 Å². The molecule has 2 saturated heterocycles. The molecular formula is C21H31BrN4O2. The fourth-order valence-electron chi connectivity index (χ4n) is 4.90. The first-order valence-corrected chi connectivity index (χ1v) is 11.1. The Labute approximate surface area is 176 Å². The minimum Gasteiger partial charge on any atom is -0.444 e. The van der Waals surface area contributed by atoms with Crippen molar-refractivity contribution in [3.05, 3.63) is 22.8 Å². The summed E-state index contributed by atoms with van der Waals surface area (Å²) in [6.07, 6.45) is 5.38. The smallest absolute Gasteiger partial charge is 0.410 e. The van der Waals surface area contributed by atoms with E-state index >= 15 is 0 Å². The Hall–Kier alpha value is -1.34. The van der Waals surface area contributed by atoms with E-state index in [0.717, 1.165) is 49.6 Å². The quantitative estimate of drug-likeness (QED) is 0.686. The van der Waals surface area contributed by atoms with Crippen molar-refractivity contribution < 1.29 is 9.53 Å². The Balaban J connectivity index is 1.26. The average Bonchev–Trinajstić information content (AvgIpc) is 3.05. The minimum atomic E-state index is -0.416. The number of pyridine rings is 1. The number of carbonyl (C=O) groups excluding carboxylic acids is 1. The van der Waals surface area contributed by atoms with Gasteiger partial charge in [0.2, 0.25) is 0 Å². The summed E-state index contributed by atoms with van der Waals surface area (Å²) in [5.41, 5.74) is -0.0942. The summed E-state index contributed by atoms with van der Waals surface area (Å²) in [6, 6.07) is 4.67. The van der Waals surface area contributed by atoms with E-state index in [9.17, 15) is 4.79 Å². The lowest BCUT2D eigenvalue weighted by Gasteiger charge is -2.48. The number of carbonyl (C=O) groups is 1. The van der Waals surface area contributed by atoms with Crippen LogP contribution in [0.5, 0.6) is 0 Å². The van der Waals surface area contributed by atoms with Crippen LogP contribution in [0.4, 0.5) is 10.6 Å². The SMILES string of the molecule is CC(C)(C)OC(=O)N1CC2(CCC(N3CCN(c4ncccc4Br)CC3)C2)C1. The van der Waals surface area contributed by atoms with Crippen molar-refractivity contribution in [2.75, 3.05) is 44.2 Å². The third kappa shape index (κ3) is 4.15. The molecule has 1 saturated carbocycles. The predicted molar refractivity (Wildman–Crippen MR) is 114 cm³/mol. The molecule has 7 heteroatoms. The van der Waals surface area contributed by atoms with E-state index in [1.165, 1.54) is 19.3 Å². The van der Waals surface area contributed by atoms with Gasteiger partial charge in [-0.3, -0.25) is 4.90 Å². The van der Waals surface area contributed by atoms with Gasteiger partial charge in [-0.25, -0.2) is 9.78 Å². The van der Waals surface area contributed by atoms with Gasteiger partial charge in [0.25, 0.3) is 0 Å². The normalized spacial score (nSPS) is 25.1. The summed E-state index contributed by atoms with van der Waals surface area (Å²) in [4.78, 5) is 23.7. The van der Waals surface area contributed by atoms with Gasteiger partial charge in [-0.1, -0.05) is 0 Å². The summed E-state index contributed by atoms with van der Waals surface area (Å²) in [7, 11) is 0. The molecule has 1 amide bonds. The highest BCUT2D eigenvalue weighted by Gasteiger charge is 2.51. The molecule has 1 spiro atoms. The Morgan fingerprint density at radius 2 is 1.96 bits per heavy atom. The Kier molecular flexibility index (Phi) is 5.33. The first-order chi connectivity index (χ1) is 13.2. The molecule has 4 rings (SSSR count). The van der Waals surface area contributed by atoms with Gasteiger partial charge in [0, 0.05) is 56.9 Å². The van der Waals surface area contributed by atoms with Crippen LogP contribution >= 0.6 is 15.9 Å². The maximum atomic E-state index is 12.2. The first kappa shape index (κ1) is 20.0. The van der Waals surface area contributed by atoms with Crippen LogP contribution in [0.3, 0.4) is 0 Å². The molecule has 3 fully saturated rings. The molecule has 2 aliphatic heterocycles. The maximum Gasteiger partial charge on any atom is 0.410 e. The van der Waals surface area contributed by atoms with E-state index in [1.807, 2.05) is 37.9 Å². The highest BCUT2D eigenvalue weighted by Crippen LogP contribution is 2.47. The zero-order valence-corrected chi connectivity index (χ0v) is 18.7. The number of hydrogen-bond donors (Lipinski definition) is 0. The zero-order valence-electron chi connectivity index (χ0n) is 17.2. The Bertz CT molecular complexity index is 721. The number of hydrogen-bond acceptors (Lipinski definition) is 5. The number of anilines is 1. The summed E-state index contributed by atoms with van der Waals surface area (Å²) >= 11 is 3.62. The maximum absolute atomic E-state index is 12.2. The van der Waals surface area contributed by atoms with Crippen LogP contribution in [0.2, 0.25) is 0 Å². The van der Waals surface area contributed by atoms with Gasteiger partial charge < -0.3 is 14.5 Å². The second-order valence-corrected chi connectivity index (χ2v) is 10.4. The van der Waals surface area contributed by atoms with Crippen LogP contribution in [0.15, 0.2) is 22.8 Å². The molecule has 0 aromatic carbocycles. The fourth-order valence-corrected chi connectivity index (χ4v) is 5.41. The van der Waals surface area contributed by atoms with Crippen molar-refractivity contribution in [3.8, 4) is 0 Å². The van der Waals surface area contributed by atoms with Crippen LogP contribution in [0.25, 0.3) is 0 Å². The molecule has 3 aliphatic rings. The highest BCUT2D eigenvalue weighted by atomic mass is 79.9. The molecule has 0 N–H and O–H groups in total. The van der Waals surface area contributed by atoms with Crippen LogP contribution < -0.4 is 4.90 Å². The van der Waals surface area contributed by atoms with E-state index in [0.29, 0.717) is 11.5 Å². The fraction of sp³-hybridized carbons (Fsp3) is 0.714. The molecule has 1 aromatic rings. The monoisotopic (exact) mass is 450 g/mol. The first-order valence-electron chi connectivity index (χ1n) is 10.3. The summed E-state index contributed by atoms with van der Waals surface area (Å²) in [5.74, 6) is 1.05. The standard InChI is InChI=1S/C21H31BrN4O2/c1-20(2,3)28-19(27)26-14-21(15-26)7-6-16(13-21)24-9-11-25(12-10-24)18-17(22)5-4-8-23-18/h4-5,8,16H,6-7,9-15H2,1-3H3. The topological polar surface area (TPSA) is 48.9 Å². The van der Waals surface area contributed by atoms with Crippen LogP contribution in [-0.4, -0.2) is 71.8 Å². The van der Waals surface area contributed by atoms with Gasteiger partial charge in [0.1, 0.15) is 11.4 Å². The van der Waals surface area contributed by atoms with Crippen molar-refractivity contribution in [2.45, 2.75) is 51.7 Å². The lowest BCUT2D eigenvalue weighted by atomic mass is 9.78. The number of amides is 1. The van der Waals surface area contributed by atoms with E-state index in [2.05, 4.69) is 36.8 Å². The van der Waals surface area contributed by atoms with Crippen molar-refractivity contribution >= 4 is 27.8 Å². The van der Waals surface area contributed by atoms with Crippen LogP contribution in [-0.2, 0) is 4.74 Å². The van der Waals surface area contributed by atoms with Crippen molar-refractivity contribution in [2.24, 2.45) is 5.41 Å². The molecule has 1 atom stereocenters.